The molecule has 2 rings (SSSR count). The molecule has 0 aliphatic carbocycles. The minimum absolute atomic E-state index is 0.0168. The Hall–Kier alpha value is -1.90. The lowest BCUT2D eigenvalue weighted by atomic mass is 10.1. The normalized spacial score (nSPS) is 12.5. The van der Waals surface area contributed by atoms with Gasteiger partial charge < -0.3 is 10.6 Å². The van der Waals surface area contributed by atoms with E-state index in [4.69, 9.17) is 5.14 Å². The second-order valence-corrected chi connectivity index (χ2v) is 7.77. The maximum Gasteiger partial charge on any atom is 0.315 e. The number of carbonyl (C=O) groups is 1. The fraction of sp³-hybridized carbons (Fsp3) is 0.188. The third-order valence-electron chi connectivity index (χ3n) is 3.38. The van der Waals surface area contributed by atoms with Crippen LogP contribution in [0.5, 0.6) is 0 Å². The molecule has 6 nitrogen and oxygen atoms in total. The number of carbonyl (C=O) groups excluding carboxylic acids is 1. The number of halogens is 1. The minimum atomic E-state index is -3.77. The predicted molar refractivity (Wildman–Crippen MR) is 95.7 cm³/mol. The molecule has 24 heavy (non-hydrogen) atoms. The van der Waals surface area contributed by atoms with Crippen LogP contribution in [-0.2, 0) is 16.6 Å². The first-order chi connectivity index (χ1) is 11.3. The van der Waals surface area contributed by atoms with Gasteiger partial charge in [-0.25, -0.2) is 18.4 Å². The maximum atomic E-state index is 12.0. The van der Waals surface area contributed by atoms with Gasteiger partial charge in [-0.3, -0.25) is 0 Å². The lowest BCUT2D eigenvalue weighted by Gasteiger charge is -2.16. The van der Waals surface area contributed by atoms with Gasteiger partial charge in [0.2, 0.25) is 10.0 Å². The number of hydrogen-bond donors (Lipinski definition) is 3. The van der Waals surface area contributed by atoms with Gasteiger partial charge in [-0.15, -0.1) is 0 Å². The first-order valence-corrected chi connectivity index (χ1v) is 9.51. The topological polar surface area (TPSA) is 101 Å². The minimum Gasteiger partial charge on any atom is -0.334 e. The molecule has 0 aliphatic heterocycles. The second kappa shape index (κ2) is 7.78. The Bertz CT molecular complexity index is 840. The quantitative estimate of drug-likeness (QED) is 0.704. The van der Waals surface area contributed by atoms with Crippen molar-refractivity contribution in [2.75, 3.05) is 0 Å². The Balaban J connectivity index is 1.96. The van der Waals surface area contributed by atoms with Crippen LogP contribution >= 0.6 is 15.9 Å². The highest BCUT2D eigenvalue weighted by Gasteiger charge is 2.13. The zero-order valence-electron chi connectivity index (χ0n) is 13.0. The smallest absolute Gasteiger partial charge is 0.315 e. The van der Waals surface area contributed by atoms with Crippen molar-refractivity contribution in [3.8, 4) is 0 Å². The second-order valence-electron chi connectivity index (χ2n) is 5.30. The van der Waals surface area contributed by atoms with Gasteiger partial charge in [0.25, 0.3) is 0 Å². The zero-order valence-corrected chi connectivity index (χ0v) is 15.4. The molecule has 0 heterocycles. The molecule has 0 bridgehead atoms. The first-order valence-electron chi connectivity index (χ1n) is 7.17. The van der Waals surface area contributed by atoms with Crippen molar-refractivity contribution in [1.29, 1.82) is 0 Å². The van der Waals surface area contributed by atoms with Crippen LogP contribution in [0.1, 0.15) is 24.1 Å². The maximum absolute atomic E-state index is 12.0. The summed E-state index contributed by atoms with van der Waals surface area (Å²) in [5.74, 6) is 0. The molecule has 0 saturated heterocycles. The molecule has 0 aliphatic rings. The molecule has 0 radical (unpaired) electrons. The van der Waals surface area contributed by atoms with Crippen LogP contribution < -0.4 is 15.8 Å². The third kappa shape index (κ3) is 5.33. The van der Waals surface area contributed by atoms with E-state index < -0.39 is 10.0 Å². The molecule has 1 atom stereocenters. The van der Waals surface area contributed by atoms with Gasteiger partial charge in [-0.05, 0) is 42.3 Å². The van der Waals surface area contributed by atoms with Crippen LogP contribution in [0, 0.1) is 0 Å². The Kier molecular flexibility index (Phi) is 5.98. The van der Waals surface area contributed by atoms with Crippen molar-refractivity contribution in [3.63, 3.8) is 0 Å². The summed E-state index contributed by atoms with van der Waals surface area (Å²) in [6.07, 6.45) is 0. The standard InChI is InChI=1S/C16H18BrN3O3S/c1-11(13-5-3-7-15(9-13)24(18,22)23)20-16(21)19-10-12-4-2-6-14(17)8-12/h2-9,11H,10H2,1H3,(H2,18,22,23)(H2,19,20,21)/t11-/m0/s1. The van der Waals surface area contributed by atoms with Gasteiger partial charge in [0, 0.05) is 11.0 Å². The van der Waals surface area contributed by atoms with Gasteiger partial charge in [-0.2, -0.15) is 0 Å². The summed E-state index contributed by atoms with van der Waals surface area (Å²) in [6.45, 7) is 2.15. The Morgan fingerprint density at radius 1 is 1.21 bits per heavy atom. The van der Waals surface area contributed by atoms with Crippen molar-refractivity contribution in [3.05, 3.63) is 64.1 Å². The summed E-state index contributed by atoms with van der Waals surface area (Å²) < 4.78 is 23.7. The van der Waals surface area contributed by atoms with E-state index in [0.29, 0.717) is 12.1 Å². The summed E-state index contributed by atoms with van der Waals surface area (Å²) in [4.78, 5) is 12.0. The van der Waals surface area contributed by atoms with E-state index in [1.807, 2.05) is 24.3 Å². The highest BCUT2D eigenvalue weighted by molar-refractivity contribution is 9.10. The molecular formula is C16H18BrN3O3S. The molecule has 8 heteroatoms. The summed E-state index contributed by atoms with van der Waals surface area (Å²) in [7, 11) is -3.77. The number of benzene rings is 2. The number of sulfonamides is 1. The Labute approximate surface area is 149 Å². The number of urea groups is 1. The van der Waals surface area contributed by atoms with Crippen LogP contribution in [0.2, 0.25) is 0 Å². The molecule has 0 aromatic heterocycles. The molecule has 128 valence electrons. The van der Waals surface area contributed by atoms with Crippen molar-refractivity contribution in [2.24, 2.45) is 5.14 Å². The number of hydrogen-bond acceptors (Lipinski definition) is 3. The fourth-order valence-electron chi connectivity index (χ4n) is 2.12. The van der Waals surface area contributed by atoms with Gasteiger partial charge in [0.15, 0.2) is 0 Å². The molecule has 2 amide bonds. The molecule has 0 fully saturated rings. The summed E-state index contributed by atoms with van der Waals surface area (Å²) >= 11 is 3.38. The monoisotopic (exact) mass is 411 g/mol. The van der Waals surface area contributed by atoms with Crippen molar-refractivity contribution < 1.29 is 13.2 Å². The molecule has 2 aromatic rings. The zero-order chi connectivity index (χ0) is 17.7. The third-order valence-corrected chi connectivity index (χ3v) is 4.78. The van der Waals surface area contributed by atoms with Crippen LogP contribution in [0.25, 0.3) is 0 Å². The van der Waals surface area contributed by atoms with Gasteiger partial charge in [-0.1, -0.05) is 40.2 Å². The van der Waals surface area contributed by atoms with Gasteiger partial charge >= 0.3 is 6.03 Å². The molecule has 4 N–H and O–H groups in total. The molecule has 0 spiro atoms. The van der Waals surface area contributed by atoms with Gasteiger partial charge in [0.05, 0.1) is 10.9 Å². The van der Waals surface area contributed by atoms with Gasteiger partial charge in [0.1, 0.15) is 0 Å². The Morgan fingerprint density at radius 3 is 2.58 bits per heavy atom. The highest BCUT2D eigenvalue weighted by atomic mass is 79.9. The number of rotatable bonds is 5. The molecule has 0 unspecified atom stereocenters. The van der Waals surface area contributed by atoms with E-state index in [0.717, 1.165) is 10.0 Å². The van der Waals surface area contributed by atoms with E-state index >= 15 is 0 Å². The summed E-state index contributed by atoms with van der Waals surface area (Å²) in [5, 5.41) is 10.6. The van der Waals surface area contributed by atoms with E-state index in [1.54, 1.807) is 19.1 Å². The summed E-state index contributed by atoms with van der Waals surface area (Å²) in [6, 6.07) is 13.1. The SMILES string of the molecule is C[C@H](NC(=O)NCc1cccc(Br)c1)c1cccc(S(N)(=O)=O)c1. The molecular weight excluding hydrogens is 394 g/mol. The summed E-state index contributed by atoms with van der Waals surface area (Å²) in [5.41, 5.74) is 1.61. The number of nitrogens with one attached hydrogen (secondary N) is 2. The Morgan fingerprint density at radius 2 is 1.92 bits per heavy atom. The van der Waals surface area contributed by atoms with E-state index in [2.05, 4.69) is 26.6 Å². The molecule has 2 aromatic carbocycles. The number of primary sulfonamides is 1. The van der Waals surface area contributed by atoms with E-state index in [9.17, 15) is 13.2 Å². The van der Waals surface area contributed by atoms with Crippen LogP contribution in [0.3, 0.4) is 0 Å². The van der Waals surface area contributed by atoms with Crippen molar-refractivity contribution >= 4 is 32.0 Å². The van der Waals surface area contributed by atoms with Crippen LogP contribution in [0.15, 0.2) is 57.9 Å². The number of amides is 2. The lowest BCUT2D eigenvalue weighted by molar-refractivity contribution is 0.237. The number of nitrogens with two attached hydrogens (primary N) is 1. The van der Waals surface area contributed by atoms with Crippen molar-refractivity contribution in [1.82, 2.24) is 10.6 Å². The molecule has 0 saturated carbocycles. The first kappa shape index (κ1) is 18.4. The largest absolute Gasteiger partial charge is 0.334 e. The van der Waals surface area contributed by atoms with Crippen molar-refractivity contribution in [2.45, 2.75) is 24.4 Å². The fourth-order valence-corrected chi connectivity index (χ4v) is 3.14. The van der Waals surface area contributed by atoms with E-state index in [-0.39, 0.29) is 17.0 Å². The van der Waals surface area contributed by atoms with E-state index in [1.165, 1.54) is 12.1 Å². The highest BCUT2D eigenvalue weighted by Crippen LogP contribution is 2.16. The predicted octanol–water partition coefficient (Wildman–Crippen LogP) is 2.66. The average molecular weight is 412 g/mol. The lowest BCUT2D eigenvalue weighted by Crippen LogP contribution is -2.36. The van der Waals surface area contributed by atoms with Crippen LogP contribution in [-0.4, -0.2) is 14.4 Å². The van der Waals surface area contributed by atoms with Crippen LogP contribution in [0.4, 0.5) is 4.79 Å². The average Bonchev–Trinajstić information content (AvgIpc) is 2.52.